The smallest absolute Gasteiger partial charge is 0.121 e. The first-order valence-corrected chi connectivity index (χ1v) is 9.48. The van der Waals surface area contributed by atoms with Crippen LogP contribution in [0.5, 0.6) is 5.75 Å². The standard InChI is InChI=1S/C22H22N4O/c1-3-20-19-10-7-15(13-22(19)26(24-20)16-8-9-16)21-11-12-23-25(21)17-5-4-6-18(14-17)27-2/h4-7,10-14,16H,3,8-9H2,1-2H3. The minimum Gasteiger partial charge on any atom is -0.497 e. The third kappa shape index (κ3) is 2.70. The summed E-state index contributed by atoms with van der Waals surface area (Å²) in [6.07, 6.45) is 5.25. The van der Waals surface area contributed by atoms with Gasteiger partial charge in [0.15, 0.2) is 0 Å². The Labute approximate surface area is 158 Å². The maximum absolute atomic E-state index is 5.37. The first-order chi connectivity index (χ1) is 13.3. The number of rotatable bonds is 5. The summed E-state index contributed by atoms with van der Waals surface area (Å²) in [5.41, 5.74) is 5.61. The van der Waals surface area contributed by atoms with Gasteiger partial charge < -0.3 is 4.74 Å². The molecule has 5 rings (SSSR count). The molecule has 0 atom stereocenters. The highest BCUT2D eigenvalue weighted by atomic mass is 16.5. The van der Waals surface area contributed by atoms with Crippen molar-refractivity contribution >= 4 is 10.9 Å². The normalized spacial score (nSPS) is 14.0. The van der Waals surface area contributed by atoms with Crippen LogP contribution in [-0.4, -0.2) is 26.7 Å². The average molecular weight is 358 g/mol. The van der Waals surface area contributed by atoms with Gasteiger partial charge in [-0.15, -0.1) is 0 Å². The summed E-state index contributed by atoms with van der Waals surface area (Å²) < 4.78 is 9.55. The van der Waals surface area contributed by atoms with Gasteiger partial charge in [0.05, 0.1) is 41.9 Å². The monoisotopic (exact) mass is 358 g/mol. The first-order valence-electron chi connectivity index (χ1n) is 9.48. The third-order valence-electron chi connectivity index (χ3n) is 5.25. The van der Waals surface area contributed by atoms with Crippen LogP contribution in [0.2, 0.25) is 0 Å². The van der Waals surface area contributed by atoms with Crippen LogP contribution < -0.4 is 4.74 Å². The molecule has 27 heavy (non-hydrogen) atoms. The van der Waals surface area contributed by atoms with Gasteiger partial charge in [0.1, 0.15) is 5.75 Å². The van der Waals surface area contributed by atoms with E-state index in [2.05, 4.69) is 41.0 Å². The SMILES string of the molecule is CCc1nn(C2CC2)c2cc(-c3ccnn3-c3cccc(OC)c3)ccc12. The Morgan fingerprint density at radius 2 is 2.00 bits per heavy atom. The molecule has 2 heterocycles. The van der Waals surface area contributed by atoms with Gasteiger partial charge in [0.2, 0.25) is 0 Å². The molecule has 0 saturated heterocycles. The van der Waals surface area contributed by atoms with Crippen LogP contribution in [0.4, 0.5) is 0 Å². The van der Waals surface area contributed by atoms with Gasteiger partial charge in [-0.2, -0.15) is 10.2 Å². The molecule has 0 bridgehead atoms. The maximum Gasteiger partial charge on any atom is 0.121 e. The maximum atomic E-state index is 5.37. The molecular formula is C22H22N4O. The Kier molecular flexibility index (Phi) is 3.74. The van der Waals surface area contributed by atoms with Crippen molar-refractivity contribution in [3.63, 3.8) is 0 Å². The lowest BCUT2D eigenvalue weighted by atomic mass is 10.1. The van der Waals surface area contributed by atoms with Crippen molar-refractivity contribution in [2.45, 2.75) is 32.2 Å². The highest BCUT2D eigenvalue weighted by Gasteiger charge is 2.27. The van der Waals surface area contributed by atoms with Crippen molar-refractivity contribution in [2.75, 3.05) is 7.11 Å². The molecule has 4 aromatic rings. The summed E-state index contributed by atoms with van der Waals surface area (Å²) in [6, 6.07) is 17.2. The van der Waals surface area contributed by atoms with E-state index in [-0.39, 0.29) is 0 Å². The molecule has 1 saturated carbocycles. The molecule has 5 nitrogen and oxygen atoms in total. The van der Waals surface area contributed by atoms with Crippen LogP contribution >= 0.6 is 0 Å². The molecule has 136 valence electrons. The summed E-state index contributed by atoms with van der Waals surface area (Å²) in [4.78, 5) is 0. The number of ether oxygens (including phenoxy) is 1. The van der Waals surface area contributed by atoms with Crippen molar-refractivity contribution in [2.24, 2.45) is 0 Å². The van der Waals surface area contributed by atoms with E-state index in [1.165, 1.54) is 29.4 Å². The van der Waals surface area contributed by atoms with Crippen molar-refractivity contribution < 1.29 is 4.74 Å². The van der Waals surface area contributed by atoms with Crippen molar-refractivity contribution in [1.82, 2.24) is 19.6 Å². The van der Waals surface area contributed by atoms with E-state index in [4.69, 9.17) is 9.84 Å². The Morgan fingerprint density at radius 1 is 1.11 bits per heavy atom. The van der Waals surface area contributed by atoms with Crippen molar-refractivity contribution in [3.05, 3.63) is 60.4 Å². The summed E-state index contributed by atoms with van der Waals surface area (Å²) in [7, 11) is 1.68. The van der Waals surface area contributed by atoms with Gasteiger partial charge in [0, 0.05) is 17.0 Å². The number of aromatic nitrogens is 4. The molecule has 1 fully saturated rings. The number of fused-ring (bicyclic) bond motifs is 1. The van der Waals surface area contributed by atoms with Crippen LogP contribution in [0, 0.1) is 0 Å². The fourth-order valence-electron chi connectivity index (χ4n) is 3.69. The van der Waals surface area contributed by atoms with Gasteiger partial charge in [-0.05, 0) is 43.5 Å². The van der Waals surface area contributed by atoms with E-state index in [0.29, 0.717) is 6.04 Å². The molecule has 1 aliphatic carbocycles. The van der Waals surface area contributed by atoms with E-state index < -0.39 is 0 Å². The van der Waals surface area contributed by atoms with E-state index in [0.717, 1.165) is 29.1 Å². The molecule has 2 aromatic carbocycles. The zero-order chi connectivity index (χ0) is 18.4. The fourth-order valence-corrected chi connectivity index (χ4v) is 3.69. The van der Waals surface area contributed by atoms with E-state index in [1.807, 2.05) is 35.1 Å². The predicted octanol–water partition coefficient (Wildman–Crippen LogP) is 4.79. The van der Waals surface area contributed by atoms with E-state index in [1.54, 1.807) is 7.11 Å². The Balaban J connectivity index is 1.64. The number of aryl methyl sites for hydroxylation is 1. The number of nitrogens with zero attached hydrogens (tertiary/aromatic N) is 4. The largest absolute Gasteiger partial charge is 0.497 e. The fraction of sp³-hybridized carbons (Fsp3) is 0.273. The number of methoxy groups -OCH3 is 1. The Morgan fingerprint density at radius 3 is 2.78 bits per heavy atom. The van der Waals surface area contributed by atoms with Gasteiger partial charge in [-0.1, -0.05) is 25.1 Å². The number of benzene rings is 2. The van der Waals surface area contributed by atoms with Crippen LogP contribution in [0.25, 0.3) is 27.8 Å². The zero-order valence-electron chi connectivity index (χ0n) is 15.6. The van der Waals surface area contributed by atoms with Crippen LogP contribution in [-0.2, 0) is 6.42 Å². The molecular weight excluding hydrogens is 336 g/mol. The number of hydrogen-bond acceptors (Lipinski definition) is 3. The van der Waals surface area contributed by atoms with Crippen molar-refractivity contribution in [1.29, 1.82) is 0 Å². The molecule has 5 heteroatoms. The third-order valence-corrected chi connectivity index (χ3v) is 5.25. The summed E-state index contributed by atoms with van der Waals surface area (Å²) in [6.45, 7) is 2.17. The van der Waals surface area contributed by atoms with Crippen molar-refractivity contribution in [3.8, 4) is 22.7 Å². The molecule has 0 amide bonds. The average Bonchev–Trinajstić information content (AvgIpc) is 3.32. The summed E-state index contributed by atoms with van der Waals surface area (Å²) >= 11 is 0. The Bertz CT molecular complexity index is 1120. The quantitative estimate of drug-likeness (QED) is 0.515. The van der Waals surface area contributed by atoms with E-state index in [9.17, 15) is 0 Å². The van der Waals surface area contributed by atoms with E-state index >= 15 is 0 Å². The first kappa shape index (κ1) is 16.1. The summed E-state index contributed by atoms with van der Waals surface area (Å²) in [5, 5.41) is 10.7. The zero-order valence-corrected chi connectivity index (χ0v) is 15.6. The molecule has 0 spiro atoms. The van der Waals surface area contributed by atoms with Gasteiger partial charge in [0.25, 0.3) is 0 Å². The molecule has 0 radical (unpaired) electrons. The molecule has 2 aromatic heterocycles. The molecule has 1 aliphatic rings. The van der Waals surface area contributed by atoms with Gasteiger partial charge >= 0.3 is 0 Å². The molecule has 0 unspecified atom stereocenters. The lowest BCUT2D eigenvalue weighted by Gasteiger charge is -2.10. The summed E-state index contributed by atoms with van der Waals surface area (Å²) in [5.74, 6) is 0.823. The minimum absolute atomic E-state index is 0.561. The van der Waals surface area contributed by atoms with Gasteiger partial charge in [-0.25, -0.2) is 4.68 Å². The second kappa shape index (κ2) is 6.27. The second-order valence-electron chi connectivity index (χ2n) is 7.04. The highest BCUT2D eigenvalue weighted by Crippen LogP contribution is 2.38. The Hall–Kier alpha value is -3.08. The highest BCUT2D eigenvalue weighted by molar-refractivity contribution is 5.86. The van der Waals surface area contributed by atoms with Gasteiger partial charge in [-0.3, -0.25) is 4.68 Å². The molecule has 0 aliphatic heterocycles. The lowest BCUT2D eigenvalue weighted by Crippen LogP contribution is -2.00. The minimum atomic E-state index is 0.561. The van der Waals surface area contributed by atoms with Crippen LogP contribution in [0.15, 0.2) is 54.7 Å². The number of hydrogen-bond donors (Lipinski definition) is 0. The predicted molar refractivity (Wildman–Crippen MR) is 106 cm³/mol. The van der Waals surface area contributed by atoms with Crippen LogP contribution in [0.1, 0.15) is 31.5 Å². The lowest BCUT2D eigenvalue weighted by molar-refractivity contribution is 0.414. The second-order valence-corrected chi connectivity index (χ2v) is 7.04. The topological polar surface area (TPSA) is 44.9 Å². The molecule has 0 N–H and O–H groups in total. The van der Waals surface area contributed by atoms with Crippen LogP contribution in [0.3, 0.4) is 0 Å².